The van der Waals surface area contributed by atoms with Gasteiger partial charge in [0.25, 0.3) is 0 Å². The molecule has 0 saturated carbocycles. The first-order chi connectivity index (χ1) is 14.0. The van der Waals surface area contributed by atoms with Crippen molar-refractivity contribution in [3.8, 4) is 0 Å². The maximum atomic E-state index is 12.2. The number of aliphatic imine (C=N–C) groups is 1. The van der Waals surface area contributed by atoms with E-state index in [1.165, 1.54) is 5.56 Å². The second kappa shape index (κ2) is 10.4. The Labute approximate surface area is 175 Å². The Morgan fingerprint density at radius 3 is 2.59 bits per heavy atom. The number of nitrogens with one attached hydrogen (secondary N) is 2. The molecule has 0 amide bonds. The molecule has 2 aliphatic heterocycles. The monoisotopic (exact) mass is 422 g/mol. The van der Waals surface area contributed by atoms with Crippen molar-refractivity contribution in [3.63, 3.8) is 0 Å². The molecule has 1 aromatic rings. The summed E-state index contributed by atoms with van der Waals surface area (Å²) in [5.74, 6) is 1.41. The van der Waals surface area contributed by atoms with Crippen LogP contribution in [0.5, 0.6) is 0 Å². The third-order valence-corrected chi connectivity index (χ3v) is 7.82. The first kappa shape index (κ1) is 22.1. The van der Waals surface area contributed by atoms with Crippen LogP contribution in [0.3, 0.4) is 0 Å². The van der Waals surface area contributed by atoms with Crippen LogP contribution in [0.2, 0.25) is 0 Å². The van der Waals surface area contributed by atoms with Crippen LogP contribution in [-0.4, -0.2) is 63.8 Å². The van der Waals surface area contributed by atoms with Gasteiger partial charge in [-0.3, -0.25) is 4.99 Å². The summed E-state index contributed by atoms with van der Waals surface area (Å²) in [6.07, 6.45) is 3.39. The zero-order valence-corrected chi connectivity index (χ0v) is 18.3. The normalized spacial score (nSPS) is 24.6. The van der Waals surface area contributed by atoms with E-state index in [9.17, 15) is 8.42 Å². The fraction of sp³-hybridized carbons (Fsp3) is 0.667. The standard InChI is InChI=1S/C21H34N4O3S/c1-3-15-29(26,27)25-12-9-19(10-13-25)24-21(22-2)23-16-18-11-14-28-20(18)17-7-5-4-6-8-17/h4-8,18-20H,3,9-16H2,1-2H3,(H2,22,23,24). The average Bonchev–Trinajstić information content (AvgIpc) is 3.20. The van der Waals surface area contributed by atoms with Crippen LogP contribution in [0.15, 0.2) is 35.3 Å². The highest BCUT2D eigenvalue weighted by atomic mass is 32.2. The largest absolute Gasteiger partial charge is 0.373 e. The molecule has 3 rings (SSSR count). The number of hydrogen-bond donors (Lipinski definition) is 2. The van der Waals surface area contributed by atoms with E-state index in [1.54, 1.807) is 11.4 Å². The van der Waals surface area contributed by atoms with Gasteiger partial charge in [-0.25, -0.2) is 12.7 Å². The van der Waals surface area contributed by atoms with E-state index in [4.69, 9.17) is 4.74 Å². The molecule has 1 aromatic carbocycles. The van der Waals surface area contributed by atoms with E-state index in [2.05, 4.69) is 39.9 Å². The number of rotatable bonds is 7. The molecule has 7 nitrogen and oxygen atoms in total. The highest BCUT2D eigenvalue weighted by Crippen LogP contribution is 2.33. The van der Waals surface area contributed by atoms with E-state index in [0.29, 0.717) is 25.4 Å². The predicted molar refractivity (Wildman–Crippen MR) is 116 cm³/mol. The second-order valence-electron chi connectivity index (χ2n) is 7.84. The lowest BCUT2D eigenvalue weighted by Crippen LogP contribution is -2.50. The Hall–Kier alpha value is -1.64. The lowest BCUT2D eigenvalue weighted by Gasteiger charge is -2.32. The van der Waals surface area contributed by atoms with Gasteiger partial charge >= 0.3 is 0 Å². The Balaban J connectivity index is 1.47. The van der Waals surface area contributed by atoms with Crippen molar-refractivity contribution in [2.45, 2.75) is 44.8 Å². The zero-order valence-electron chi connectivity index (χ0n) is 17.5. The molecule has 2 aliphatic rings. The Morgan fingerprint density at radius 2 is 1.93 bits per heavy atom. The summed E-state index contributed by atoms with van der Waals surface area (Å²) in [7, 11) is -1.33. The molecule has 8 heteroatoms. The van der Waals surface area contributed by atoms with Gasteiger partial charge in [-0.15, -0.1) is 0 Å². The molecule has 0 spiro atoms. The number of hydrogen-bond acceptors (Lipinski definition) is 4. The topological polar surface area (TPSA) is 83.0 Å². The highest BCUT2D eigenvalue weighted by molar-refractivity contribution is 7.89. The van der Waals surface area contributed by atoms with Gasteiger partial charge in [0.05, 0.1) is 11.9 Å². The van der Waals surface area contributed by atoms with Crippen LogP contribution in [0.1, 0.15) is 44.3 Å². The van der Waals surface area contributed by atoms with Crippen molar-refractivity contribution in [2.24, 2.45) is 10.9 Å². The molecule has 2 fully saturated rings. The fourth-order valence-electron chi connectivity index (χ4n) is 4.14. The van der Waals surface area contributed by atoms with Crippen LogP contribution in [-0.2, 0) is 14.8 Å². The molecule has 0 aliphatic carbocycles. The van der Waals surface area contributed by atoms with Crippen molar-refractivity contribution in [2.75, 3.05) is 39.0 Å². The fourth-order valence-corrected chi connectivity index (χ4v) is 5.68. The molecular formula is C21H34N4O3S. The van der Waals surface area contributed by atoms with Crippen molar-refractivity contribution >= 4 is 16.0 Å². The van der Waals surface area contributed by atoms with Crippen molar-refractivity contribution in [3.05, 3.63) is 35.9 Å². The first-order valence-corrected chi connectivity index (χ1v) is 12.3. The molecular weight excluding hydrogens is 388 g/mol. The summed E-state index contributed by atoms with van der Waals surface area (Å²) in [4.78, 5) is 4.36. The van der Waals surface area contributed by atoms with Gasteiger partial charge in [-0.1, -0.05) is 37.3 Å². The van der Waals surface area contributed by atoms with Crippen molar-refractivity contribution < 1.29 is 13.2 Å². The second-order valence-corrected chi connectivity index (χ2v) is 9.93. The molecule has 2 unspecified atom stereocenters. The molecule has 162 valence electrons. The SMILES string of the molecule is CCCS(=O)(=O)N1CCC(NC(=NC)NCC2CCOC2c2ccccc2)CC1. The summed E-state index contributed by atoms with van der Waals surface area (Å²) in [6.45, 7) is 4.62. The summed E-state index contributed by atoms with van der Waals surface area (Å²) < 4.78 is 32.0. The van der Waals surface area contributed by atoms with Crippen LogP contribution in [0.4, 0.5) is 0 Å². The number of guanidine groups is 1. The number of benzene rings is 1. The van der Waals surface area contributed by atoms with Gasteiger partial charge < -0.3 is 15.4 Å². The molecule has 2 heterocycles. The Bertz CT molecular complexity index is 761. The average molecular weight is 423 g/mol. The summed E-state index contributed by atoms with van der Waals surface area (Å²) in [5, 5.41) is 6.91. The third kappa shape index (κ3) is 5.93. The molecule has 2 atom stereocenters. The lowest BCUT2D eigenvalue weighted by molar-refractivity contribution is 0.0915. The van der Waals surface area contributed by atoms with Crippen LogP contribution in [0.25, 0.3) is 0 Å². The summed E-state index contributed by atoms with van der Waals surface area (Å²) in [5.41, 5.74) is 1.22. The van der Waals surface area contributed by atoms with Gasteiger partial charge in [-0.2, -0.15) is 0 Å². The van der Waals surface area contributed by atoms with Gasteiger partial charge in [0.2, 0.25) is 10.0 Å². The van der Waals surface area contributed by atoms with E-state index < -0.39 is 10.0 Å². The highest BCUT2D eigenvalue weighted by Gasteiger charge is 2.30. The molecule has 0 radical (unpaired) electrons. The van der Waals surface area contributed by atoms with E-state index in [1.807, 2.05) is 13.0 Å². The van der Waals surface area contributed by atoms with E-state index in [0.717, 1.165) is 38.4 Å². The smallest absolute Gasteiger partial charge is 0.214 e. The van der Waals surface area contributed by atoms with Crippen LogP contribution < -0.4 is 10.6 Å². The number of piperidine rings is 1. The van der Waals surface area contributed by atoms with Gasteiger partial charge in [0, 0.05) is 45.2 Å². The first-order valence-electron chi connectivity index (χ1n) is 10.6. The predicted octanol–water partition coefficient (Wildman–Crippen LogP) is 2.13. The molecule has 29 heavy (non-hydrogen) atoms. The molecule has 0 bridgehead atoms. The molecule has 2 N–H and O–H groups in total. The van der Waals surface area contributed by atoms with Gasteiger partial charge in [-0.05, 0) is 31.2 Å². The van der Waals surface area contributed by atoms with Gasteiger partial charge in [0.15, 0.2) is 5.96 Å². The minimum Gasteiger partial charge on any atom is -0.373 e. The number of sulfonamides is 1. The summed E-state index contributed by atoms with van der Waals surface area (Å²) in [6, 6.07) is 10.6. The number of ether oxygens (including phenoxy) is 1. The minimum atomic E-state index is -3.10. The Morgan fingerprint density at radius 1 is 1.21 bits per heavy atom. The molecule has 2 saturated heterocycles. The number of nitrogens with zero attached hydrogens (tertiary/aromatic N) is 2. The third-order valence-electron chi connectivity index (χ3n) is 5.75. The van der Waals surface area contributed by atoms with Crippen LogP contribution >= 0.6 is 0 Å². The minimum absolute atomic E-state index is 0.119. The maximum absolute atomic E-state index is 12.2. The van der Waals surface area contributed by atoms with E-state index >= 15 is 0 Å². The maximum Gasteiger partial charge on any atom is 0.214 e. The Kier molecular flexibility index (Phi) is 7.91. The molecule has 0 aromatic heterocycles. The van der Waals surface area contributed by atoms with Crippen molar-refractivity contribution in [1.29, 1.82) is 0 Å². The van der Waals surface area contributed by atoms with Crippen molar-refractivity contribution in [1.82, 2.24) is 14.9 Å². The van der Waals surface area contributed by atoms with Crippen LogP contribution in [0, 0.1) is 5.92 Å². The lowest BCUT2D eigenvalue weighted by atomic mass is 9.95. The zero-order chi connectivity index (χ0) is 20.7. The summed E-state index contributed by atoms with van der Waals surface area (Å²) >= 11 is 0. The quantitative estimate of drug-likeness (QED) is 0.520. The van der Waals surface area contributed by atoms with Gasteiger partial charge in [0.1, 0.15) is 0 Å². The van der Waals surface area contributed by atoms with E-state index in [-0.39, 0.29) is 17.9 Å².